The maximum Gasteiger partial charge on any atom is 0.232 e. The number of anilines is 3. The van der Waals surface area contributed by atoms with Crippen LogP contribution < -0.4 is 15.1 Å². The van der Waals surface area contributed by atoms with E-state index in [1.807, 2.05) is 48.5 Å². The molecule has 0 radical (unpaired) electrons. The second kappa shape index (κ2) is 11.4. The van der Waals surface area contributed by atoms with Crippen LogP contribution in [-0.4, -0.2) is 35.3 Å². The van der Waals surface area contributed by atoms with E-state index in [0.29, 0.717) is 54.0 Å². The van der Waals surface area contributed by atoms with Crippen LogP contribution in [-0.2, 0) is 20.9 Å². The standard InChI is InChI=1S/C34H33N3O5/c1-21(38)35-24-16-13-22(14-17-24)20-36-29-10-4-5-11-30(29)37(28-12-6-9-27(28)34(36)42)32(40)19-23-15-18-31(39)25-7-2-3-8-26(25)33(23)41/h2-5,7-8,10-11,13-14,16-17,23,27-28H,6,9,12,15,18-20H2,1H3,(H,35,38)/t23?,27-,28+/m0/s1. The molecule has 0 saturated heterocycles. The van der Waals surface area contributed by atoms with Crippen LogP contribution in [0.15, 0.2) is 72.8 Å². The fourth-order valence-corrected chi connectivity index (χ4v) is 6.73. The van der Waals surface area contributed by atoms with Crippen LogP contribution in [0.3, 0.4) is 0 Å². The third kappa shape index (κ3) is 5.13. The van der Waals surface area contributed by atoms with Crippen molar-refractivity contribution in [1.82, 2.24) is 0 Å². The molecular weight excluding hydrogens is 530 g/mol. The number of amides is 3. The lowest BCUT2D eigenvalue weighted by atomic mass is 9.91. The van der Waals surface area contributed by atoms with E-state index < -0.39 is 5.92 Å². The Balaban J connectivity index is 1.32. The molecule has 0 spiro atoms. The molecule has 214 valence electrons. The third-order valence-corrected chi connectivity index (χ3v) is 8.71. The number of carbonyl (C=O) groups excluding carboxylic acids is 5. The molecule has 1 aliphatic heterocycles. The summed E-state index contributed by atoms with van der Waals surface area (Å²) in [5.74, 6) is -1.57. The quantitative estimate of drug-likeness (QED) is 0.410. The van der Waals surface area contributed by atoms with E-state index in [1.54, 1.807) is 34.1 Å². The van der Waals surface area contributed by atoms with Crippen molar-refractivity contribution in [1.29, 1.82) is 0 Å². The zero-order chi connectivity index (χ0) is 29.4. The summed E-state index contributed by atoms with van der Waals surface area (Å²) >= 11 is 0. The first kappa shape index (κ1) is 27.6. The number of nitrogens with one attached hydrogen (secondary N) is 1. The maximum absolute atomic E-state index is 14.2. The van der Waals surface area contributed by atoms with Crippen LogP contribution in [0.4, 0.5) is 17.1 Å². The van der Waals surface area contributed by atoms with Crippen molar-refractivity contribution in [2.75, 3.05) is 15.1 Å². The molecule has 0 aromatic heterocycles. The summed E-state index contributed by atoms with van der Waals surface area (Å²) in [5.41, 5.74) is 3.72. The van der Waals surface area contributed by atoms with Gasteiger partial charge in [0.25, 0.3) is 0 Å². The summed E-state index contributed by atoms with van der Waals surface area (Å²) in [5, 5.41) is 2.76. The number of nitrogens with zero attached hydrogens (tertiary/aromatic N) is 2. The molecule has 8 nitrogen and oxygen atoms in total. The molecule has 1 unspecified atom stereocenters. The second-order valence-electron chi connectivity index (χ2n) is 11.4. The van der Waals surface area contributed by atoms with Crippen molar-refractivity contribution in [2.45, 2.75) is 58.0 Å². The Morgan fingerprint density at radius 3 is 2.26 bits per heavy atom. The normalized spacial score (nSPS) is 21.6. The molecule has 1 heterocycles. The number of hydrogen-bond donors (Lipinski definition) is 1. The lowest BCUT2D eigenvalue weighted by molar-refractivity contribution is -0.123. The predicted molar refractivity (Wildman–Crippen MR) is 159 cm³/mol. The maximum atomic E-state index is 14.2. The first-order valence-corrected chi connectivity index (χ1v) is 14.6. The van der Waals surface area contributed by atoms with Gasteiger partial charge in [0.2, 0.25) is 17.7 Å². The summed E-state index contributed by atoms with van der Waals surface area (Å²) in [6.07, 6.45) is 2.74. The van der Waals surface area contributed by atoms with Crippen molar-refractivity contribution >= 4 is 46.4 Å². The van der Waals surface area contributed by atoms with E-state index in [9.17, 15) is 24.0 Å². The van der Waals surface area contributed by atoms with Crippen molar-refractivity contribution in [3.05, 3.63) is 89.5 Å². The molecule has 42 heavy (non-hydrogen) atoms. The minimum atomic E-state index is -0.603. The minimum absolute atomic E-state index is 0.0171. The van der Waals surface area contributed by atoms with Gasteiger partial charge in [0.1, 0.15) is 0 Å². The number of Topliss-reactive ketones (excluding diaryl/α,β-unsaturated/α-hetero) is 2. The van der Waals surface area contributed by atoms with Crippen LogP contribution in [0.5, 0.6) is 0 Å². The third-order valence-electron chi connectivity index (χ3n) is 8.71. The molecule has 3 atom stereocenters. The van der Waals surface area contributed by atoms with Gasteiger partial charge in [0, 0.05) is 48.5 Å². The van der Waals surface area contributed by atoms with Crippen LogP contribution in [0, 0.1) is 11.8 Å². The molecule has 1 fully saturated rings. The highest BCUT2D eigenvalue weighted by molar-refractivity contribution is 6.13. The molecule has 3 aliphatic rings. The number of fused-ring (bicyclic) bond motifs is 3. The van der Waals surface area contributed by atoms with Crippen molar-refractivity contribution in [3.8, 4) is 0 Å². The SMILES string of the molecule is CC(=O)Nc1ccc(CN2C(=O)[C@H]3CCC[C@H]3N(C(=O)CC3CCC(=O)c4ccccc4C3=O)c3ccccc32)cc1. The Hall–Kier alpha value is -4.59. The number of hydrogen-bond acceptors (Lipinski definition) is 5. The Kier molecular flexibility index (Phi) is 7.45. The van der Waals surface area contributed by atoms with E-state index in [-0.39, 0.29) is 54.1 Å². The summed E-state index contributed by atoms with van der Waals surface area (Å²) in [4.78, 5) is 69.5. The van der Waals surface area contributed by atoms with E-state index >= 15 is 0 Å². The summed E-state index contributed by atoms with van der Waals surface area (Å²) in [7, 11) is 0. The lowest BCUT2D eigenvalue weighted by Crippen LogP contribution is -2.45. The second-order valence-corrected chi connectivity index (χ2v) is 11.4. The van der Waals surface area contributed by atoms with Crippen molar-refractivity contribution in [2.24, 2.45) is 11.8 Å². The molecule has 3 aromatic rings. The fraction of sp³-hybridized carbons (Fsp3) is 0.324. The number of benzene rings is 3. The average Bonchev–Trinajstić information content (AvgIpc) is 3.40. The first-order chi connectivity index (χ1) is 20.3. The number of ketones is 2. The van der Waals surface area contributed by atoms with Gasteiger partial charge in [-0.2, -0.15) is 0 Å². The Morgan fingerprint density at radius 2 is 1.52 bits per heavy atom. The summed E-state index contributed by atoms with van der Waals surface area (Å²) in [6, 6.07) is 21.4. The topological polar surface area (TPSA) is 104 Å². The largest absolute Gasteiger partial charge is 0.326 e. The number of rotatable bonds is 5. The van der Waals surface area contributed by atoms with E-state index in [2.05, 4.69) is 5.32 Å². The van der Waals surface area contributed by atoms with Crippen LogP contribution in [0.25, 0.3) is 0 Å². The fourth-order valence-electron chi connectivity index (χ4n) is 6.73. The van der Waals surface area contributed by atoms with Crippen molar-refractivity contribution in [3.63, 3.8) is 0 Å². The van der Waals surface area contributed by atoms with Gasteiger partial charge in [-0.1, -0.05) is 55.0 Å². The molecule has 0 bridgehead atoms. The van der Waals surface area contributed by atoms with Gasteiger partial charge >= 0.3 is 0 Å². The monoisotopic (exact) mass is 563 g/mol. The highest BCUT2D eigenvalue weighted by Gasteiger charge is 2.46. The first-order valence-electron chi connectivity index (χ1n) is 14.6. The van der Waals surface area contributed by atoms with Crippen LogP contribution >= 0.6 is 0 Å². The molecule has 8 heteroatoms. The molecule has 1 saturated carbocycles. The summed E-state index contributed by atoms with van der Waals surface area (Å²) < 4.78 is 0. The van der Waals surface area contributed by atoms with Gasteiger partial charge in [-0.05, 0) is 49.1 Å². The van der Waals surface area contributed by atoms with Gasteiger partial charge in [-0.15, -0.1) is 0 Å². The predicted octanol–water partition coefficient (Wildman–Crippen LogP) is 5.56. The van der Waals surface area contributed by atoms with E-state index in [0.717, 1.165) is 12.0 Å². The summed E-state index contributed by atoms with van der Waals surface area (Å²) in [6.45, 7) is 1.78. The van der Waals surface area contributed by atoms with E-state index in [4.69, 9.17) is 0 Å². The zero-order valence-corrected chi connectivity index (χ0v) is 23.5. The molecule has 6 rings (SSSR count). The molecule has 3 amide bonds. The molecule has 3 aromatic carbocycles. The number of para-hydroxylation sites is 2. The highest BCUT2D eigenvalue weighted by Crippen LogP contribution is 2.44. The Labute approximate surface area is 244 Å². The average molecular weight is 564 g/mol. The van der Waals surface area contributed by atoms with E-state index in [1.165, 1.54) is 6.92 Å². The highest BCUT2D eigenvalue weighted by atomic mass is 16.2. The molecular formula is C34H33N3O5. The Morgan fingerprint density at radius 1 is 0.833 bits per heavy atom. The van der Waals surface area contributed by atoms with Gasteiger partial charge in [-0.25, -0.2) is 0 Å². The van der Waals surface area contributed by atoms with Gasteiger partial charge in [0.15, 0.2) is 11.6 Å². The minimum Gasteiger partial charge on any atom is -0.326 e. The Bertz CT molecular complexity index is 1580. The number of carbonyl (C=O) groups is 5. The molecule has 1 N–H and O–H groups in total. The van der Waals surface area contributed by atoms with Crippen LogP contribution in [0.1, 0.15) is 71.7 Å². The van der Waals surface area contributed by atoms with Gasteiger partial charge in [-0.3, -0.25) is 24.0 Å². The zero-order valence-electron chi connectivity index (χ0n) is 23.5. The lowest BCUT2D eigenvalue weighted by Gasteiger charge is -2.31. The van der Waals surface area contributed by atoms with Crippen molar-refractivity contribution < 1.29 is 24.0 Å². The van der Waals surface area contributed by atoms with Crippen LogP contribution in [0.2, 0.25) is 0 Å². The smallest absolute Gasteiger partial charge is 0.232 e. The van der Waals surface area contributed by atoms with Gasteiger partial charge < -0.3 is 15.1 Å². The van der Waals surface area contributed by atoms with Gasteiger partial charge in [0.05, 0.1) is 23.8 Å². The molecule has 2 aliphatic carbocycles.